The Labute approximate surface area is 134 Å². The molecule has 0 spiro atoms. The van der Waals surface area contributed by atoms with Gasteiger partial charge in [0.2, 0.25) is 0 Å². The van der Waals surface area contributed by atoms with Crippen molar-refractivity contribution in [3.8, 4) is 0 Å². The third-order valence-electron chi connectivity index (χ3n) is 3.17. The number of hydrogen-bond donors (Lipinski definition) is 1. The number of hydrogen-bond acceptors (Lipinski definition) is 4. The van der Waals surface area contributed by atoms with Gasteiger partial charge in [0, 0.05) is 0 Å². The fourth-order valence-corrected chi connectivity index (χ4v) is 2.34. The predicted molar refractivity (Wildman–Crippen MR) is 82.9 cm³/mol. The molecule has 1 aromatic heterocycles. The van der Waals surface area contributed by atoms with Crippen molar-refractivity contribution < 1.29 is 13.9 Å². The number of rotatable bonds is 3. The number of halogens is 2. The molecule has 0 saturated carbocycles. The lowest BCUT2D eigenvalue weighted by molar-refractivity contribution is 0.0457. The Morgan fingerprint density at radius 1 is 1.22 bits per heavy atom. The van der Waals surface area contributed by atoms with Crippen LogP contribution in [0.5, 0.6) is 0 Å². The summed E-state index contributed by atoms with van der Waals surface area (Å²) in [5.74, 6) is -1.54. The Morgan fingerprint density at radius 2 is 2.00 bits per heavy atom. The Hall–Kier alpha value is -2.73. The maximum absolute atomic E-state index is 13.6. The fourth-order valence-electron chi connectivity index (χ4n) is 2.10. The van der Waals surface area contributed by atoms with Crippen LogP contribution < -0.4 is 5.56 Å². The first-order chi connectivity index (χ1) is 11.1. The van der Waals surface area contributed by atoms with Gasteiger partial charge < -0.3 is 9.72 Å². The molecule has 0 radical (unpaired) electrons. The van der Waals surface area contributed by atoms with E-state index in [0.717, 1.165) is 6.07 Å². The summed E-state index contributed by atoms with van der Waals surface area (Å²) in [6.07, 6.45) is 0. The minimum absolute atomic E-state index is 0.0463. The second-order valence-electron chi connectivity index (χ2n) is 4.70. The molecule has 0 amide bonds. The number of esters is 1. The van der Waals surface area contributed by atoms with E-state index in [9.17, 15) is 14.0 Å². The van der Waals surface area contributed by atoms with E-state index in [1.54, 1.807) is 24.3 Å². The molecular weight excluding hydrogens is 323 g/mol. The van der Waals surface area contributed by atoms with Gasteiger partial charge >= 0.3 is 5.97 Å². The standard InChI is InChI=1S/C16H10ClFN2O3/c17-10-5-3-6-11(18)14(10)16(22)23-8-13-19-12-7-2-1-4-9(12)15(21)20-13/h1-7H,8H2,(H,19,20,21). The molecule has 23 heavy (non-hydrogen) atoms. The number of nitrogens with one attached hydrogen (secondary N) is 1. The van der Waals surface area contributed by atoms with Crippen LogP contribution >= 0.6 is 11.6 Å². The molecule has 0 aliphatic rings. The first-order valence-corrected chi connectivity index (χ1v) is 7.03. The minimum atomic E-state index is -0.927. The van der Waals surface area contributed by atoms with Crippen molar-refractivity contribution in [2.75, 3.05) is 0 Å². The van der Waals surface area contributed by atoms with E-state index in [1.807, 2.05) is 0 Å². The molecule has 1 N–H and O–H groups in total. The summed E-state index contributed by atoms with van der Waals surface area (Å²) in [6.45, 7) is -0.302. The summed E-state index contributed by atoms with van der Waals surface area (Å²) in [5.41, 5.74) is -0.214. The molecular formula is C16H10ClFN2O3. The van der Waals surface area contributed by atoms with Crippen molar-refractivity contribution >= 4 is 28.5 Å². The minimum Gasteiger partial charge on any atom is -0.454 e. The first kappa shape index (κ1) is 15.2. The van der Waals surface area contributed by atoms with Gasteiger partial charge in [-0.05, 0) is 24.3 Å². The van der Waals surface area contributed by atoms with Gasteiger partial charge in [-0.15, -0.1) is 0 Å². The second-order valence-corrected chi connectivity index (χ2v) is 5.11. The van der Waals surface area contributed by atoms with E-state index in [-0.39, 0.29) is 28.6 Å². The van der Waals surface area contributed by atoms with Crippen LogP contribution in [0, 0.1) is 5.82 Å². The average Bonchev–Trinajstić information content (AvgIpc) is 2.53. The maximum atomic E-state index is 13.6. The number of carbonyl (C=O) groups is 1. The van der Waals surface area contributed by atoms with Crippen LogP contribution in [0.15, 0.2) is 47.3 Å². The number of ether oxygens (including phenoxy) is 1. The van der Waals surface area contributed by atoms with Crippen molar-refractivity contribution in [3.63, 3.8) is 0 Å². The molecule has 0 atom stereocenters. The van der Waals surface area contributed by atoms with Gasteiger partial charge in [-0.1, -0.05) is 29.8 Å². The fraction of sp³-hybridized carbons (Fsp3) is 0.0625. The monoisotopic (exact) mass is 332 g/mol. The number of H-pyrrole nitrogens is 1. The normalized spacial score (nSPS) is 10.7. The largest absolute Gasteiger partial charge is 0.454 e. The summed E-state index contributed by atoms with van der Waals surface area (Å²) in [4.78, 5) is 30.5. The van der Waals surface area contributed by atoms with Gasteiger partial charge in [-0.3, -0.25) is 4.79 Å². The van der Waals surface area contributed by atoms with Crippen LogP contribution in [0.3, 0.4) is 0 Å². The van der Waals surface area contributed by atoms with Crippen molar-refractivity contribution in [2.45, 2.75) is 6.61 Å². The van der Waals surface area contributed by atoms with Crippen LogP contribution in [0.1, 0.15) is 16.2 Å². The highest BCUT2D eigenvalue weighted by Crippen LogP contribution is 2.20. The lowest BCUT2D eigenvalue weighted by Gasteiger charge is -2.07. The highest BCUT2D eigenvalue weighted by atomic mass is 35.5. The van der Waals surface area contributed by atoms with Gasteiger partial charge in [0.05, 0.1) is 15.9 Å². The first-order valence-electron chi connectivity index (χ1n) is 6.65. The van der Waals surface area contributed by atoms with Crippen molar-refractivity contribution in [2.24, 2.45) is 0 Å². The molecule has 7 heteroatoms. The van der Waals surface area contributed by atoms with Crippen LogP contribution in [-0.4, -0.2) is 15.9 Å². The molecule has 3 rings (SSSR count). The van der Waals surface area contributed by atoms with Gasteiger partial charge in [-0.2, -0.15) is 0 Å². The molecule has 0 aliphatic carbocycles. The number of nitrogens with zero attached hydrogens (tertiary/aromatic N) is 1. The quantitative estimate of drug-likeness (QED) is 0.748. The molecule has 2 aromatic carbocycles. The summed E-state index contributed by atoms with van der Waals surface area (Å²) < 4.78 is 18.6. The van der Waals surface area contributed by atoms with E-state index in [4.69, 9.17) is 16.3 Å². The zero-order chi connectivity index (χ0) is 16.4. The summed E-state index contributed by atoms with van der Waals surface area (Å²) >= 11 is 5.80. The number of para-hydroxylation sites is 1. The smallest absolute Gasteiger partial charge is 0.343 e. The van der Waals surface area contributed by atoms with Crippen LogP contribution in [-0.2, 0) is 11.3 Å². The highest BCUT2D eigenvalue weighted by molar-refractivity contribution is 6.33. The lowest BCUT2D eigenvalue weighted by Crippen LogP contribution is -2.15. The SMILES string of the molecule is O=C(OCc1nc2ccccc2c(=O)[nH]1)c1c(F)cccc1Cl. The molecule has 3 aromatic rings. The topological polar surface area (TPSA) is 72.0 Å². The Bertz CT molecular complexity index is 935. The summed E-state index contributed by atoms with van der Waals surface area (Å²) in [7, 11) is 0. The third-order valence-corrected chi connectivity index (χ3v) is 3.48. The third kappa shape index (κ3) is 3.07. The van der Waals surface area contributed by atoms with Crippen molar-refractivity contribution in [1.29, 1.82) is 0 Å². The zero-order valence-corrected chi connectivity index (χ0v) is 12.4. The van der Waals surface area contributed by atoms with Crippen LogP contribution in [0.2, 0.25) is 5.02 Å². The number of carbonyl (C=O) groups excluding carboxylic acids is 1. The average molecular weight is 333 g/mol. The Balaban J connectivity index is 1.83. The van der Waals surface area contributed by atoms with Gasteiger partial charge in [0.15, 0.2) is 0 Å². The van der Waals surface area contributed by atoms with Crippen LogP contribution in [0.4, 0.5) is 4.39 Å². The number of benzene rings is 2. The highest BCUT2D eigenvalue weighted by Gasteiger charge is 2.17. The van der Waals surface area contributed by atoms with E-state index in [0.29, 0.717) is 10.9 Å². The number of aromatic amines is 1. The molecule has 116 valence electrons. The van der Waals surface area contributed by atoms with Gasteiger partial charge in [0.25, 0.3) is 5.56 Å². The molecule has 0 saturated heterocycles. The molecule has 5 nitrogen and oxygen atoms in total. The maximum Gasteiger partial charge on any atom is 0.343 e. The van der Waals surface area contributed by atoms with Gasteiger partial charge in [0.1, 0.15) is 23.8 Å². The van der Waals surface area contributed by atoms with Gasteiger partial charge in [-0.25, -0.2) is 14.2 Å². The lowest BCUT2D eigenvalue weighted by atomic mass is 10.2. The Morgan fingerprint density at radius 3 is 2.78 bits per heavy atom. The number of aromatic nitrogens is 2. The summed E-state index contributed by atoms with van der Waals surface area (Å²) in [6, 6.07) is 10.6. The molecule has 1 heterocycles. The van der Waals surface area contributed by atoms with E-state index < -0.39 is 11.8 Å². The van der Waals surface area contributed by atoms with E-state index >= 15 is 0 Å². The van der Waals surface area contributed by atoms with E-state index in [1.165, 1.54) is 12.1 Å². The Kier molecular flexibility index (Phi) is 4.08. The second kappa shape index (κ2) is 6.18. The molecule has 0 unspecified atom stereocenters. The van der Waals surface area contributed by atoms with Crippen molar-refractivity contribution in [3.05, 3.63) is 75.0 Å². The van der Waals surface area contributed by atoms with Crippen molar-refractivity contribution in [1.82, 2.24) is 9.97 Å². The summed E-state index contributed by atoms with van der Waals surface area (Å²) in [5, 5.41) is 0.384. The molecule has 0 bridgehead atoms. The molecule has 0 fully saturated rings. The van der Waals surface area contributed by atoms with E-state index in [2.05, 4.69) is 9.97 Å². The molecule has 0 aliphatic heterocycles. The van der Waals surface area contributed by atoms with Crippen LogP contribution in [0.25, 0.3) is 10.9 Å². The zero-order valence-electron chi connectivity index (χ0n) is 11.7. The number of fused-ring (bicyclic) bond motifs is 1. The predicted octanol–water partition coefficient (Wildman–Crippen LogP) is 3.07.